The van der Waals surface area contributed by atoms with Crippen molar-refractivity contribution in [3.63, 3.8) is 0 Å². The predicted octanol–water partition coefficient (Wildman–Crippen LogP) is 9.13. The SMILES string of the molecule is [2H]C([2H])([2H])c1c[c-]c(-c2ccc([Si](C)(C)C)cn2)cc1.[2H]C([2H])([2H])c1ccc2c(c1)sc1c(-c3nc4cc(C)ncc4n3C)[c-]cc(C([2H])([2H])[2H])c12.[Ir]. The molecule has 0 aliphatic heterocycles. The number of hydrogen-bond acceptors (Lipinski definition) is 4. The van der Waals surface area contributed by atoms with Crippen LogP contribution in [0.4, 0.5) is 0 Å². The van der Waals surface area contributed by atoms with Crippen molar-refractivity contribution in [3.8, 4) is 22.6 Å². The Morgan fingerprint density at radius 1 is 0.886 bits per heavy atom. The monoisotopic (exact) mass is 798 g/mol. The zero-order valence-corrected chi connectivity index (χ0v) is 29.2. The Balaban J connectivity index is 0.000000223. The minimum atomic E-state index is -2.34. The van der Waals surface area contributed by atoms with Crippen molar-refractivity contribution in [2.75, 3.05) is 0 Å². The molecule has 0 bridgehead atoms. The summed E-state index contributed by atoms with van der Waals surface area (Å²) in [7, 11) is 0.550. The second kappa shape index (κ2) is 12.5. The molecule has 7 rings (SSSR count). The van der Waals surface area contributed by atoms with E-state index in [2.05, 4.69) is 47.8 Å². The summed E-state index contributed by atoms with van der Waals surface area (Å²) >= 11 is 1.37. The van der Waals surface area contributed by atoms with E-state index in [-0.39, 0.29) is 31.2 Å². The van der Waals surface area contributed by atoms with Crippen LogP contribution in [0.15, 0.2) is 73.1 Å². The molecule has 0 atom stereocenters. The zero-order valence-electron chi connectivity index (χ0n) is 34.0. The van der Waals surface area contributed by atoms with E-state index in [1.54, 1.807) is 36.5 Å². The van der Waals surface area contributed by atoms with Crippen LogP contribution in [-0.4, -0.2) is 27.6 Å². The Kier molecular flexibility index (Phi) is 6.27. The summed E-state index contributed by atoms with van der Waals surface area (Å²) < 4.78 is 72.7. The number of hydrogen-bond donors (Lipinski definition) is 0. The van der Waals surface area contributed by atoms with Crippen LogP contribution in [0.25, 0.3) is 53.9 Å². The van der Waals surface area contributed by atoms with Gasteiger partial charge in [0.05, 0.1) is 31.1 Å². The third kappa shape index (κ3) is 6.20. The average molecular weight is 798 g/mol. The van der Waals surface area contributed by atoms with Crippen LogP contribution in [0.1, 0.15) is 34.7 Å². The van der Waals surface area contributed by atoms with Gasteiger partial charge in [0.15, 0.2) is 0 Å². The summed E-state index contributed by atoms with van der Waals surface area (Å²) in [5.41, 5.74) is 5.56. The molecule has 3 aromatic carbocycles. The molecule has 0 unspecified atom stereocenters. The Morgan fingerprint density at radius 3 is 2.39 bits per heavy atom. The first kappa shape index (κ1) is 22.1. The molecule has 44 heavy (non-hydrogen) atoms. The standard InChI is InChI=1S/C22H18N3S.C15H18NSi.Ir/c1-12-5-7-15-19(9-12)26-21-16(8-6-13(2)20(15)21)22-24-17-10-14(3)23-11-18(17)25(22)4;1-12-5-7-13(8-6-12)15-10-9-14(11-16-15)17(2,3)4;/h5-7,9-11H,1-4H3;5-7,9-11H,1-4H3;/q2*-1;/i1D3,2D3;1D3;. The van der Waals surface area contributed by atoms with Crippen molar-refractivity contribution in [2.24, 2.45) is 7.05 Å². The molecule has 0 amide bonds. The van der Waals surface area contributed by atoms with E-state index in [9.17, 15) is 0 Å². The summed E-state index contributed by atoms with van der Waals surface area (Å²) in [5, 5.41) is 2.62. The number of aryl methyl sites for hydroxylation is 5. The molecule has 0 aliphatic rings. The van der Waals surface area contributed by atoms with Crippen LogP contribution in [0.5, 0.6) is 0 Å². The molecule has 225 valence electrons. The minimum Gasteiger partial charge on any atom is -0.366 e. The quantitative estimate of drug-likeness (QED) is 0.132. The maximum atomic E-state index is 8.04. The first-order valence-corrected chi connectivity index (χ1v) is 18.1. The van der Waals surface area contributed by atoms with E-state index in [4.69, 9.17) is 17.3 Å². The number of thiophene rings is 1. The van der Waals surface area contributed by atoms with Crippen molar-refractivity contribution < 1.29 is 32.4 Å². The Labute approximate surface area is 291 Å². The topological polar surface area (TPSA) is 43.6 Å². The number of nitrogens with zero attached hydrogens (tertiary/aromatic N) is 4. The van der Waals surface area contributed by atoms with Crippen molar-refractivity contribution >= 4 is 55.8 Å². The third-order valence-corrected chi connectivity index (χ3v) is 10.6. The van der Waals surface area contributed by atoms with Gasteiger partial charge in [-0.05, 0) is 52.4 Å². The molecular weight excluding hydrogens is 753 g/mol. The predicted molar refractivity (Wildman–Crippen MR) is 186 cm³/mol. The van der Waals surface area contributed by atoms with Gasteiger partial charge in [-0.25, -0.2) is 0 Å². The van der Waals surface area contributed by atoms with E-state index < -0.39 is 28.6 Å². The molecule has 1 radical (unpaired) electrons. The molecule has 0 saturated carbocycles. The molecule has 4 nitrogen and oxygen atoms in total. The number of rotatable bonds is 3. The summed E-state index contributed by atoms with van der Waals surface area (Å²) in [6.07, 6.45) is 3.69. The first-order chi connectivity index (χ1) is 24.1. The Hall–Kier alpha value is -3.48. The molecule has 4 heterocycles. The molecule has 0 N–H and O–H groups in total. The summed E-state index contributed by atoms with van der Waals surface area (Å²) in [5.74, 6) is 0.650. The van der Waals surface area contributed by atoms with E-state index in [0.29, 0.717) is 22.3 Å². The fourth-order valence-electron chi connectivity index (χ4n) is 4.98. The van der Waals surface area contributed by atoms with E-state index >= 15 is 0 Å². The van der Waals surface area contributed by atoms with E-state index in [0.717, 1.165) is 42.8 Å². The Morgan fingerprint density at radius 2 is 1.70 bits per heavy atom. The van der Waals surface area contributed by atoms with Gasteiger partial charge < -0.3 is 9.55 Å². The average Bonchev–Trinajstić information content (AvgIpc) is 3.60. The Bertz CT molecular complexity index is 2370. The van der Waals surface area contributed by atoms with Crippen LogP contribution in [0, 0.1) is 39.6 Å². The van der Waals surface area contributed by atoms with Crippen LogP contribution in [0.3, 0.4) is 0 Å². The fraction of sp³-hybridized carbons (Fsp3) is 0.216. The normalized spacial score (nSPS) is 15.3. The van der Waals surface area contributed by atoms with Gasteiger partial charge in [-0.1, -0.05) is 68.6 Å². The summed E-state index contributed by atoms with van der Waals surface area (Å²) in [6.45, 7) is 2.08. The van der Waals surface area contributed by atoms with Crippen molar-refractivity contribution in [1.29, 1.82) is 0 Å². The zero-order chi connectivity index (χ0) is 38.0. The van der Waals surface area contributed by atoms with Gasteiger partial charge >= 0.3 is 0 Å². The molecule has 0 fully saturated rings. The van der Waals surface area contributed by atoms with Gasteiger partial charge in [0.2, 0.25) is 0 Å². The molecule has 0 aliphatic carbocycles. The van der Waals surface area contributed by atoms with Crippen LogP contribution in [-0.2, 0) is 27.2 Å². The largest absolute Gasteiger partial charge is 0.366 e. The van der Waals surface area contributed by atoms with Gasteiger partial charge in [0.1, 0.15) is 0 Å². The number of pyridine rings is 2. The van der Waals surface area contributed by atoms with Crippen molar-refractivity contribution in [1.82, 2.24) is 19.5 Å². The minimum absolute atomic E-state index is 0. The van der Waals surface area contributed by atoms with Gasteiger partial charge in [0.25, 0.3) is 0 Å². The maximum absolute atomic E-state index is 8.04. The van der Waals surface area contributed by atoms with Gasteiger partial charge in [-0.3, -0.25) is 9.97 Å². The van der Waals surface area contributed by atoms with Crippen LogP contribution in [0.2, 0.25) is 19.6 Å². The van der Waals surface area contributed by atoms with Gasteiger partial charge in [-0.15, -0.1) is 53.1 Å². The number of fused-ring (bicyclic) bond motifs is 4. The number of aromatic nitrogens is 4. The van der Waals surface area contributed by atoms with Gasteiger partial charge in [0, 0.05) is 56.1 Å². The first-order valence-electron chi connectivity index (χ1n) is 18.3. The molecule has 0 saturated heterocycles. The van der Waals surface area contributed by atoms with E-state index in [1.807, 2.05) is 36.9 Å². The van der Waals surface area contributed by atoms with Crippen LogP contribution < -0.4 is 5.19 Å². The summed E-state index contributed by atoms with van der Waals surface area (Å²) in [4.78, 5) is 13.6. The van der Waals surface area contributed by atoms with Crippen molar-refractivity contribution in [2.45, 2.75) is 47.1 Å². The third-order valence-electron chi connectivity index (χ3n) is 7.39. The van der Waals surface area contributed by atoms with Gasteiger partial charge in [-0.2, -0.15) is 11.3 Å². The second-order valence-electron chi connectivity index (χ2n) is 11.6. The van der Waals surface area contributed by atoms with Crippen LogP contribution >= 0.6 is 11.3 Å². The summed E-state index contributed by atoms with van der Waals surface area (Å²) in [6, 6.07) is 23.5. The maximum Gasteiger partial charge on any atom is 0.0804 e. The molecular formula is C37H36IrN4SSi-2. The van der Waals surface area contributed by atoms with E-state index in [1.165, 1.54) is 28.7 Å². The molecule has 0 spiro atoms. The smallest absolute Gasteiger partial charge is 0.0804 e. The molecule has 7 aromatic rings. The number of imidazole rings is 1. The molecule has 7 heteroatoms. The number of benzene rings is 3. The molecule has 4 aromatic heterocycles. The fourth-order valence-corrected chi connectivity index (χ4v) is 7.28. The second-order valence-corrected chi connectivity index (χ2v) is 17.7. The van der Waals surface area contributed by atoms with Crippen molar-refractivity contribution in [3.05, 3.63) is 108 Å².